The Labute approximate surface area is 138 Å². The lowest BCUT2D eigenvalue weighted by Crippen LogP contribution is -2.27. The molecule has 1 aliphatic heterocycles. The van der Waals surface area contributed by atoms with E-state index in [1.54, 1.807) is 30.0 Å². The summed E-state index contributed by atoms with van der Waals surface area (Å²) in [5.41, 5.74) is 2.28. The van der Waals surface area contributed by atoms with Crippen molar-refractivity contribution in [1.82, 2.24) is 10.5 Å². The number of nitrogens with one attached hydrogen (secondary N) is 1. The lowest BCUT2D eigenvalue weighted by Gasteiger charge is -2.08. The summed E-state index contributed by atoms with van der Waals surface area (Å²) in [6.45, 7) is 4.83. The fourth-order valence-electron chi connectivity index (χ4n) is 2.17. The van der Waals surface area contributed by atoms with Crippen LogP contribution in [0.2, 0.25) is 0 Å². The van der Waals surface area contributed by atoms with Crippen LogP contribution in [0.15, 0.2) is 33.8 Å². The van der Waals surface area contributed by atoms with Gasteiger partial charge in [-0.05, 0) is 32.0 Å². The van der Waals surface area contributed by atoms with E-state index in [1.807, 2.05) is 19.9 Å². The summed E-state index contributed by atoms with van der Waals surface area (Å²) in [6.07, 6.45) is 0. The number of benzene rings is 1. The molecule has 1 aromatic heterocycles. The predicted molar refractivity (Wildman–Crippen MR) is 89.0 cm³/mol. The van der Waals surface area contributed by atoms with Crippen LogP contribution in [-0.2, 0) is 6.61 Å². The molecule has 0 atom stereocenters. The number of hydrogen-bond acceptors (Lipinski definition) is 6. The van der Waals surface area contributed by atoms with E-state index in [1.165, 1.54) is 0 Å². The zero-order valence-corrected chi connectivity index (χ0v) is 13.8. The first-order valence-electron chi connectivity index (χ1n) is 7.26. The molecule has 7 heteroatoms. The van der Waals surface area contributed by atoms with Gasteiger partial charge in [-0.1, -0.05) is 23.0 Å². The molecular formula is C16H17N3O3S. The largest absolute Gasteiger partial charge is 0.489 e. The minimum Gasteiger partial charge on any atom is -0.489 e. The topological polar surface area (TPSA) is 76.7 Å². The SMILES string of the molecule is Cc1noc(C)c1COc1cccc(C(=O)NC2=NCCS2)c1. The van der Waals surface area contributed by atoms with E-state index in [4.69, 9.17) is 9.26 Å². The van der Waals surface area contributed by atoms with Gasteiger partial charge >= 0.3 is 0 Å². The summed E-state index contributed by atoms with van der Waals surface area (Å²) in [6, 6.07) is 7.07. The van der Waals surface area contributed by atoms with Crippen molar-refractivity contribution in [2.75, 3.05) is 12.3 Å². The molecule has 0 radical (unpaired) electrons. The van der Waals surface area contributed by atoms with Crippen LogP contribution in [0.1, 0.15) is 27.4 Å². The van der Waals surface area contributed by atoms with Crippen LogP contribution < -0.4 is 10.1 Å². The van der Waals surface area contributed by atoms with Crippen LogP contribution in [0, 0.1) is 13.8 Å². The highest BCUT2D eigenvalue weighted by Crippen LogP contribution is 2.19. The molecule has 0 aliphatic carbocycles. The zero-order chi connectivity index (χ0) is 16.2. The molecule has 0 spiro atoms. The molecule has 23 heavy (non-hydrogen) atoms. The molecule has 0 saturated carbocycles. The first kappa shape index (κ1) is 15.6. The van der Waals surface area contributed by atoms with Crippen LogP contribution >= 0.6 is 11.8 Å². The lowest BCUT2D eigenvalue weighted by molar-refractivity contribution is 0.0977. The molecule has 1 amide bonds. The van der Waals surface area contributed by atoms with Crippen molar-refractivity contribution < 1.29 is 14.1 Å². The summed E-state index contributed by atoms with van der Waals surface area (Å²) >= 11 is 1.55. The first-order valence-corrected chi connectivity index (χ1v) is 8.25. The lowest BCUT2D eigenvalue weighted by atomic mass is 10.2. The average Bonchev–Trinajstić information content (AvgIpc) is 3.16. The number of carbonyl (C=O) groups is 1. The quantitative estimate of drug-likeness (QED) is 0.932. The number of aromatic nitrogens is 1. The number of carbonyl (C=O) groups excluding carboxylic acids is 1. The summed E-state index contributed by atoms with van der Waals surface area (Å²) < 4.78 is 10.9. The fraction of sp³-hybridized carbons (Fsp3) is 0.312. The van der Waals surface area contributed by atoms with Gasteiger partial charge in [0.2, 0.25) is 0 Å². The summed E-state index contributed by atoms with van der Waals surface area (Å²) in [4.78, 5) is 16.4. The van der Waals surface area contributed by atoms with Gasteiger partial charge in [-0.2, -0.15) is 0 Å². The maximum atomic E-state index is 12.2. The smallest absolute Gasteiger partial charge is 0.257 e. The second-order valence-electron chi connectivity index (χ2n) is 5.11. The van der Waals surface area contributed by atoms with Gasteiger partial charge in [-0.3, -0.25) is 9.79 Å². The van der Waals surface area contributed by atoms with Gasteiger partial charge in [0.25, 0.3) is 5.91 Å². The van der Waals surface area contributed by atoms with E-state index >= 15 is 0 Å². The number of amides is 1. The highest BCUT2D eigenvalue weighted by molar-refractivity contribution is 8.14. The van der Waals surface area contributed by atoms with Crippen LogP contribution in [0.3, 0.4) is 0 Å². The number of aryl methyl sites for hydroxylation is 2. The van der Waals surface area contributed by atoms with E-state index in [-0.39, 0.29) is 5.91 Å². The van der Waals surface area contributed by atoms with Crippen LogP contribution in [0.4, 0.5) is 0 Å². The van der Waals surface area contributed by atoms with Crippen LogP contribution in [-0.4, -0.2) is 28.5 Å². The zero-order valence-electron chi connectivity index (χ0n) is 13.0. The molecule has 1 aliphatic rings. The normalized spacial score (nSPS) is 13.7. The summed E-state index contributed by atoms with van der Waals surface area (Å²) in [5, 5.41) is 7.38. The number of hydrogen-bond donors (Lipinski definition) is 1. The number of ether oxygens (including phenoxy) is 1. The Balaban J connectivity index is 1.66. The molecule has 2 heterocycles. The van der Waals surface area contributed by atoms with Gasteiger partial charge in [-0.15, -0.1) is 0 Å². The Morgan fingerprint density at radius 2 is 2.30 bits per heavy atom. The Morgan fingerprint density at radius 3 is 3.00 bits per heavy atom. The highest BCUT2D eigenvalue weighted by Gasteiger charge is 2.14. The summed E-state index contributed by atoms with van der Waals surface area (Å²) in [7, 11) is 0. The number of nitrogens with zero attached hydrogens (tertiary/aromatic N) is 2. The van der Waals surface area contributed by atoms with E-state index in [2.05, 4.69) is 15.5 Å². The molecule has 0 unspecified atom stereocenters. The molecule has 120 valence electrons. The molecule has 2 aromatic rings. The second kappa shape index (κ2) is 6.87. The minimum absolute atomic E-state index is 0.180. The van der Waals surface area contributed by atoms with E-state index in [0.717, 1.165) is 29.3 Å². The number of amidine groups is 1. The van der Waals surface area contributed by atoms with Gasteiger partial charge < -0.3 is 14.6 Å². The van der Waals surface area contributed by atoms with Crippen molar-refractivity contribution >= 4 is 22.8 Å². The number of rotatable bonds is 4. The average molecular weight is 331 g/mol. The number of thioether (sulfide) groups is 1. The van der Waals surface area contributed by atoms with Gasteiger partial charge in [-0.25, -0.2) is 0 Å². The van der Waals surface area contributed by atoms with Crippen molar-refractivity contribution in [3.8, 4) is 5.75 Å². The van der Waals surface area contributed by atoms with Crippen molar-refractivity contribution in [2.24, 2.45) is 4.99 Å². The molecule has 1 N–H and O–H groups in total. The van der Waals surface area contributed by atoms with Crippen molar-refractivity contribution in [1.29, 1.82) is 0 Å². The van der Waals surface area contributed by atoms with Crippen LogP contribution in [0.25, 0.3) is 0 Å². The molecule has 3 rings (SSSR count). The summed E-state index contributed by atoms with van der Waals surface area (Å²) in [5.74, 6) is 2.10. The fourth-order valence-corrected chi connectivity index (χ4v) is 2.89. The molecular weight excluding hydrogens is 314 g/mol. The standard InChI is InChI=1S/C16H17N3O3S/c1-10-14(11(2)22-19-10)9-21-13-5-3-4-12(8-13)15(20)18-16-17-6-7-23-16/h3-5,8H,6-7,9H2,1-2H3,(H,17,18,20). The van der Waals surface area contributed by atoms with Crippen molar-refractivity contribution in [2.45, 2.75) is 20.5 Å². The van der Waals surface area contributed by atoms with Gasteiger partial charge in [0.1, 0.15) is 18.1 Å². The monoisotopic (exact) mass is 331 g/mol. The Kier molecular flexibility index (Phi) is 4.66. The van der Waals surface area contributed by atoms with Crippen LogP contribution in [0.5, 0.6) is 5.75 Å². The Hall–Kier alpha value is -2.28. The molecule has 1 aromatic carbocycles. The van der Waals surface area contributed by atoms with E-state index in [9.17, 15) is 4.79 Å². The molecule has 0 saturated heterocycles. The van der Waals surface area contributed by atoms with E-state index in [0.29, 0.717) is 23.1 Å². The highest BCUT2D eigenvalue weighted by atomic mass is 32.2. The van der Waals surface area contributed by atoms with Gasteiger partial charge in [0.15, 0.2) is 5.17 Å². The Morgan fingerprint density at radius 1 is 1.43 bits per heavy atom. The van der Waals surface area contributed by atoms with Crippen molar-refractivity contribution in [3.05, 3.63) is 46.8 Å². The predicted octanol–water partition coefficient (Wildman–Crippen LogP) is 2.70. The third-order valence-corrected chi connectivity index (χ3v) is 4.36. The van der Waals surface area contributed by atoms with Gasteiger partial charge in [0, 0.05) is 11.3 Å². The molecule has 6 nitrogen and oxygen atoms in total. The van der Waals surface area contributed by atoms with Crippen molar-refractivity contribution in [3.63, 3.8) is 0 Å². The van der Waals surface area contributed by atoms with Gasteiger partial charge in [0.05, 0.1) is 17.8 Å². The first-order chi connectivity index (χ1) is 11.1. The number of aliphatic imine (C=N–C) groups is 1. The maximum absolute atomic E-state index is 12.2. The minimum atomic E-state index is -0.180. The third-order valence-electron chi connectivity index (χ3n) is 3.47. The third kappa shape index (κ3) is 3.73. The molecule has 0 fully saturated rings. The van der Waals surface area contributed by atoms with E-state index < -0.39 is 0 Å². The maximum Gasteiger partial charge on any atom is 0.257 e. The molecule has 0 bridgehead atoms. The Bertz CT molecular complexity index is 735. The second-order valence-corrected chi connectivity index (χ2v) is 6.19.